The van der Waals surface area contributed by atoms with Crippen LogP contribution in [-0.2, 0) is 12.7 Å². The molecule has 176 valence electrons. The number of imidazole rings is 1. The molecule has 0 saturated carbocycles. The molecule has 3 aromatic heterocycles. The van der Waals surface area contributed by atoms with E-state index in [9.17, 15) is 13.2 Å². The van der Waals surface area contributed by atoms with Crippen LogP contribution in [0.15, 0.2) is 47.3 Å². The van der Waals surface area contributed by atoms with Crippen molar-refractivity contribution in [3.05, 3.63) is 70.0 Å². The van der Waals surface area contributed by atoms with Gasteiger partial charge in [-0.2, -0.15) is 13.2 Å². The Morgan fingerprint density at radius 3 is 2.68 bits per heavy atom. The van der Waals surface area contributed by atoms with Crippen LogP contribution in [0.4, 0.5) is 13.2 Å². The summed E-state index contributed by atoms with van der Waals surface area (Å²) in [4.78, 5) is 13.4. The third-order valence-electron chi connectivity index (χ3n) is 5.82. The molecule has 11 heteroatoms. The molecule has 4 aromatic rings. The quantitative estimate of drug-likeness (QED) is 0.344. The number of alkyl halides is 3. The summed E-state index contributed by atoms with van der Waals surface area (Å²) in [6.07, 6.45) is 0.307. The van der Waals surface area contributed by atoms with Crippen LogP contribution in [-0.4, -0.2) is 36.4 Å². The average molecular weight is 533 g/mol. The van der Waals surface area contributed by atoms with Gasteiger partial charge >= 0.3 is 6.18 Å². The molecule has 0 saturated heterocycles. The van der Waals surface area contributed by atoms with Gasteiger partial charge in [0.1, 0.15) is 17.2 Å². The number of ether oxygens (including phenoxy) is 1. The number of pyridine rings is 1. The molecule has 34 heavy (non-hydrogen) atoms. The normalized spacial score (nSPS) is 15.9. The van der Waals surface area contributed by atoms with Crippen molar-refractivity contribution < 1.29 is 17.9 Å². The predicted octanol–water partition coefficient (Wildman–Crippen LogP) is 5.55. The maximum atomic E-state index is 13.8. The second kappa shape index (κ2) is 8.53. The summed E-state index contributed by atoms with van der Waals surface area (Å²) in [5.74, 6) is 0.682. The van der Waals surface area contributed by atoms with E-state index in [1.165, 1.54) is 19.2 Å². The zero-order chi connectivity index (χ0) is 24.0. The smallest absolute Gasteiger partial charge is 0.416 e. The summed E-state index contributed by atoms with van der Waals surface area (Å²) in [5, 5.41) is 4.57. The van der Waals surface area contributed by atoms with Crippen LogP contribution < -0.4 is 4.74 Å². The van der Waals surface area contributed by atoms with Gasteiger partial charge in [0, 0.05) is 23.1 Å². The zero-order valence-electron chi connectivity index (χ0n) is 18.3. The fourth-order valence-electron chi connectivity index (χ4n) is 4.29. The largest absolute Gasteiger partial charge is 0.479 e. The van der Waals surface area contributed by atoms with Gasteiger partial charge in [0.25, 0.3) is 0 Å². The number of rotatable bonds is 4. The average Bonchev–Trinajstić information content (AvgIpc) is 3.43. The number of hydrogen-bond donors (Lipinski definition) is 0. The van der Waals surface area contributed by atoms with E-state index in [0.29, 0.717) is 52.8 Å². The first kappa shape index (κ1) is 22.6. The minimum Gasteiger partial charge on any atom is -0.479 e. The van der Waals surface area contributed by atoms with Gasteiger partial charge in [-0.1, -0.05) is 15.9 Å². The lowest BCUT2D eigenvalue weighted by Crippen LogP contribution is -2.21. The Labute approximate surface area is 201 Å². The maximum Gasteiger partial charge on any atom is 0.416 e. The lowest BCUT2D eigenvalue weighted by Gasteiger charge is -2.25. The first-order chi connectivity index (χ1) is 16.2. The van der Waals surface area contributed by atoms with Crippen molar-refractivity contribution in [2.75, 3.05) is 7.11 Å². The molecule has 7 nitrogen and oxygen atoms in total. The molecular weight excluding hydrogens is 513 g/mol. The van der Waals surface area contributed by atoms with E-state index in [-0.39, 0.29) is 5.56 Å². The third-order valence-corrected chi connectivity index (χ3v) is 6.31. The van der Waals surface area contributed by atoms with Crippen molar-refractivity contribution in [2.24, 2.45) is 0 Å². The highest BCUT2D eigenvalue weighted by Crippen LogP contribution is 2.42. The molecule has 0 N–H and O–H groups in total. The summed E-state index contributed by atoms with van der Waals surface area (Å²) < 4.78 is 50.8. The Kier molecular flexibility index (Phi) is 5.67. The monoisotopic (exact) mass is 532 g/mol. The number of fused-ring (bicyclic) bond motifs is 1. The molecule has 1 unspecified atom stereocenters. The van der Waals surface area contributed by atoms with Crippen LogP contribution in [0, 0.1) is 6.92 Å². The standard InChI is InChI=1S/C23H20BrF3N6O/c1-13-11-32(12-28-13)19-8-7-18(29-22(19)34-2)20-30-21-15(4-3-9-33(21)31-20)16-10-14(24)5-6-17(16)23(25,26)27/h5-8,10-12,15H,3-4,9H2,1-2H3. The number of aromatic nitrogens is 6. The molecule has 1 atom stereocenters. The Hall–Kier alpha value is -3.21. The van der Waals surface area contributed by atoms with Crippen LogP contribution >= 0.6 is 15.9 Å². The van der Waals surface area contributed by atoms with Gasteiger partial charge in [-0.05, 0) is 55.7 Å². The van der Waals surface area contributed by atoms with Crippen molar-refractivity contribution in [3.8, 4) is 23.1 Å². The number of aryl methyl sites for hydroxylation is 2. The van der Waals surface area contributed by atoms with Crippen molar-refractivity contribution in [1.82, 2.24) is 29.3 Å². The van der Waals surface area contributed by atoms with Crippen LogP contribution in [0.2, 0.25) is 0 Å². The molecule has 0 fully saturated rings. The van der Waals surface area contributed by atoms with Crippen LogP contribution in [0.1, 0.15) is 41.4 Å². The minimum absolute atomic E-state index is 0.193. The summed E-state index contributed by atoms with van der Waals surface area (Å²) >= 11 is 3.31. The topological polar surface area (TPSA) is 70.7 Å². The lowest BCUT2D eigenvalue weighted by molar-refractivity contribution is -0.138. The molecule has 4 heterocycles. The van der Waals surface area contributed by atoms with Crippen LogP contribution in [0.3, 0.4) is 0 Å². The van der Waals surface area contributed by atoms with Gasteiger partial charge in [0.05, 0.1) is 24.7 Å². The Morgan fingerprint density at radius 1 is 1.15 bits per heavy atom. The fourth-order valence-corrected chi connectivity index (χ4v) is 4.67. The second-order valence-electron chi connectivity index (χ2n) is 8.09. The molecule has 0 radical (unpaired) electrons. The van der Waals surface area contributed by atoms with Gasteiger partial charge in [-0.15, -0.1) is 5.10 Å². The molecule has 5 rings (SSSR count). The Bertz CT molecular complexity index is 1360. The van der Waals surface area contributed by atoms with E-state index in [2.05, 4.69) is 36.0 Å². The van der Waals surface area contributed by atoms with Gasteiger partial charge < -0.3 is 9.30 Å². The van der Waals surface area contributed by atoms with Crippen LogP contribution in [0.5, 0.6) is 5.88 Å². The second-order valence-corrected chi connectivity index (χ2v) is 9.00. The summed E-state index contributed by atoms with van der Waals surface area (Å²) in [6, 6.07) is 7.64. The van der Waals surface area contributed by atoms with Crippen LogP contribution in [0.25, 0.3) is 17.2 Å². The van der Waals surface area contributed by atoms with E-state index in [4.69, 9.17) is 4.74 Å². The summed E-state index contributed by atoms with van der Waals surface area (Å²) in [5.41, 5.74) is 1.57. The summed E-state index contributed by atoms with van der Waals surface area (Å²) in [6.45, 7) is 2.47. The highest BCUT2D eigenvalue weighted by molar-refractivity contribution is 9.10. The molecular formula is C23H20BrF3N6O. The number of hydrogen-bond acceptors (Lipinski definition) is 5. The summed E-state index contributed by atoms with van der Waals surface area (Å²) in [7, 11) is 1.52. The van der Waals surface area contributed by atoms with Crippen molar-refractivity contribution >= 4 is 15.9 Å². The molecule has 0 spiro atoms. The minimum atomic E-state index is -4.46. The van der Waals surface area contributed by atoms with Crippen molar-refractivity contribution in [3.63, 3.8) is 0 Å². The van der Waals surface area contributed by atoms with E-state index in [0.717, 1.165) is 11.8 Å². The Balaban J connectivity index is 1.56. The first-order valence-electron chi connectivity index (χ1n) is 10.6. The third kappa shape index (κ3) is 4.08. The highest BCUT2D eigenvalue weighted by atomic mass is 79.9. The molecule has 1 aromatic carbocycles. The SMILES string of the molecule is COc1nc(-c2nc3n(n2)CCCC3c2cc(Br)ccc2C(F)(F)F)ccc1-n1cnc(C)c1. The molecule has 1 aliphatic heterocycles. The predicted molar refractivity (Wildman–Crippen MR) is 122 cm³/mol. The maximum absolute atomic E-state index is 13.8. The van der Waals surface area contributed by atoms with E-state index < -0.39 is 17.7 Å². The zero-order valence-corrected chi connectivity index (χ0v) is 19.9. The molecule has 1 aliphatic rings. The van der Waals surface area contributed by atoms with Gasteiger partial charge in [-0.3, -0.25) is 0 Å². The number of benzene rings is 1. The Morgan fingerprint density at radius 2 is 1.97 bits per heavy atom. The number of methoxy groups -OCH3 is 1. The lowest BCUT2D eigenvalue weighted by atomic mass is 9.87. The molecule has 0 amide bonds. The van der Waals surface area contributed by atoms with Gasteiger partial charge in [0.2, 0.25) is 5.88 Å². The number of halogens is 4. The van der Waals surface area contributed by atoms with Crippen molar-refractivity contribution in [2.45, 2.75) is 38.4 Å². The van der Waals surface area contributed by atoms with E-state index >= 15 is 0 Å². The van der Waals surface area contributed by atoms with Crippen molar-refractivity contribution in [1.29, 1.82) is 0 Å². The van der Waals surface area contributed by atoms with E-state index in [1.807, 2.05) is 19.2 Å². The van der Waals surface area contributed by atoms with Gasteiger partial charge in [0.15, 0.2) is 5.82 Å². The van der Waals surface area contributed by atoms with E-state index in [1.54, 1.807) is 21.6 Å². The molecule has 0 aliphatic carbocycles. The molecule has 0 bridgehead atoms. The van der Waals surface area contributed by atoms with Gasteiger partial charge in [-0.25, -0.2) is 19.6 Å². The highest BCUT2D eigenvalue weighted by Gasteiger charge is 2.38. The number of nitrogens with zero attached hydrogens (tertiary/aromatic N) is 6. The fraction of sp³-hybridized carbons (Fsp3) is 0.304. The first-order valence-corrected chi connectivity index (χ1v) is 11.4.